The summed E-state index contributed by atoms with van der Waals surface area (Å²) < 4.78 is 0. The van der Waals surface area contributed by atoms with Gasteiger partial charge in [-0.25, -0.2) is 0 Å². The molecular weight excluding hydrogens is 172 g/mol. The minimum absolute atomic E-state index is 0.968. The molecule has 1 aromatic rings. The second-order valence-corrected chi connectivity index (χ2v) is 2.96. The molecule has 2 nitrogen and oxygen atoms in total. The van der Waals surface area contributed by atoms with Crippen LogP contribution in [-0.4, -0.2) is 12.4 Å². The van der Waals surface area contributed by atoms with Gasteiger partial charge in [0.15, 0.2) is 0 Å². The second-order valence-electron chi connectivity index (χ2n) is 2.96. The molecule has 0 saturated carbocycles. The predicted octanol–water partition coefficient (Wildman–Crippen LogP) is 3.91. The smallest absolute Gasteiger partial charge is 0.0627 e. The molecular formula is C12H16N2. The number of hydrogen-bond donors (Lipinski definition) is 0. The van der Waals surface area contributed by atoms with E-state index in [1.54, 1.807) is 0 Å². The molecule has 0 N–H and O–H groups in total. The number of benzene rings is 1. The molecule has 1 aromatic carbocycles. The highest BCUT2D eigenvalue weighted by molar-refractivity contribution is 5.65. The first-order valence-electron chi connectivity index (χ1n) is 5.02. The molecule has 0 bridgehead atoms. The molecule has 0 radical (unpaired) electrons. The number of aliphatic imine (C=N–C) groups is 2. The van der Waals surface area contributed by atoms with Crippen LogP contribution in [0.15, 0.2) is 34.3 Å². The van der Waals surface area contributed by atoms with Gasteiger partial charge in [-0.05, 0) is 37.1 Å². The van der Waals surface area contributed by atoms with Crippen LogP contribution in [0.2, 0.25) is 0 Å². The van der Waals surface area contributed by atoms with Crippen LogP contribution >= 0.6 is 0 Å². The standard InChI is InChI=1S/C12H16N2/c1-3-9-13-11-5-7-12(8-6-11)14-10-4-2/h5-10H,3-4H2,1-2H3. The Kier molecular flexibility index (Phi) is 4.62. The fraction of sp³-hybridized carbons (Fsp3) is 0.333. The lowest BCUT2D eigenvalue weighted by Crippen LogP contribution is -1.70. The zero-order valence-corrected chi connectivity index (χ0v) is 8.77. The molecule has 14 heavy (non-hydrogen) atoms. The van der Waals surface area contributed by atoms with Crippen molar-refractivity contribution < 1.29 is 0 Å². The Morgan fingerprint density at radius 1 is 0.857 bits per heavy atom. The summed E-state index contributed by atoms with van der Waals surface area (Å²) >= 11 is 0. The van der Waals surface area contributed by atoms with Gasteiger partial charge in [0.25, 0.3) is 0 Å². The third-order valence-electron chi connectivity index (χ3n) is 1.70. The summed E-state index contributed by atoms with van der Waals surface area (Å²) in [5.41, 5.74) is 1.98. The van der Waals surface area contributed by atoms with Gasteiger partial charge in [0, 0.05) is 12.4 Å². The van der Waals surface area contributed by atoms with Gasteiger partial charge in [0.1, 0.15) is 0 Å². The van der Waals surface area contributed by atoms with Gasteiger partial charge in [-0.1, -0.05) is 13.8 Å². The SMILES string of the molecule is CCC=Nc1ccc(N=CCC)cc1. The van der Waals surface area contributed by atoms with Crippen molar-refractivity contribution in [2.24, 2.45) is 9.98 Å². The molecule has 0 amide bonds. The van der Waals surface area contributed by atoms with Gasteiger partial charge in [-0.3, -0.25) is 9.98 Å². The normalized spacial score (nSPS) is 11.6. The molecule has 0 aliphatic carbocycles. The van der Waals surface area contributed by atoms with E-state index in [0.717, 1.165) is 24.2 Å². The molecule has 0 unspecified atom stereocenters. The highest BCUT2D eigenvalue weighted by Crippen LogP contribution is 2.17. The minimum Gasteiger partial charge on any atom is -0.261 e. The van der Waals surface area contributed by atoms with E-state index < -0.39 is 0 Å². The Morgan fingerprint density at radius 3 is 1.50 bits per heavy atom. The third kappa shape index (κ3) is 3.52. The van der Waals surface area contributed by atoms with Crippen molar-refractivity contribution >= 4 is 23.8 Å². The summed E-state index contributed by atoms with van der Waals surface area (Å²) in [7, 11) is 0. The maximum Gasteiger partial charge on any atom is 0.0627 e. The van der Waals surface area contributed by atoms with Gasteiger partial charge < -0.3 is 0 Å². The lowest BCUT2D eigenvalue weighted by atomic mass is 10.3. The van der Waals surface area contributed by atoms with Crippen molar-refractivity contribution in [1.82, 2.24) is 0 Å². The fourth-order valence-electron chi connectivity index (χ4n) is 1.02. The average molecular weight is 188 g/mol. The lowest BCUT2D eigenvalue weighted by Gasteiger charge is -1.94. The number of rotatable bonds is 4. The van der Waals surface area contributed by atoms with E-state index in [1.807, 2.05) is 36.7 Å². The van der Waals surface area contributed by atoms with Gasteiger partial charge in [-0.15, -0.1) is 0 Å². The molecule has 0 aliphatic heterocycles. The minimum atomic E-state index is 0.968. The molecule has 0 fully saturated rings. The lowest BCUT2D eigenvalue weighted by molar-refractivity contribution is 1.31. The van der Waals surface area contributed by atoms with Gasteiger partial charge in [0.05, 0.1) is 11.4 Å². The van der Waals surface area contributed by atoms with E-state index in [0.29, 0.717) is 0 Å². The van der Waals surface area contributed by atoms with Crippen LogP contribution in [0, 0.1) is 0 Å². The third-order valence-corrected chi connectivity index (χ3v) is 1.70. The van der Waals surface area contributed by atoms with E-state index in [9.17, 15) is 0 Å². The average Bonchev–Trinajstić information content (AvgIpc) is 2.25. The van der Waals surface area contributed by atoms with E-state index in [-0.39, 0.29) is 0 Å². The molecule has 0 atom stereocenters. The Labute approximate surface area is 85.4 Å². The summed E-state index contributed by atoms with van der Waals surface area (Å²) in [5, 5.41) is 0. The second kappa shape index (κ2) is 6.08. The Bertz CT molecular complexity index is 277. The van der Waals surface area contributed by atoms with Crippen molar-refractivity contribution in [3.63, 3.8) is 0 Å². The van der Waals surface area contributed by atoms with Crippen molar-refractivity contribution in [3.05, 3.63) is 24.3 Å². The van der Waals surface area contributed by atoms with Crippen LogP contribution in [0.5, 0.6) is 0 Å². The highest BCUT2D eigenvalue weighted by atomic mass is 14.7. The maximum atomic E-state index is 4.27. The first-order chi connectivity index (χ1) is 6.86. The summed E-state index contributed by atoms with van der Waals surface area (Å²) in [6.07, 6.45) is 5.75. The quantitative estimate of drug-likeness (QED) is 0.640. The summed E-state index contributed by atoms with van der Waals surface area (Å²) in [6.45, 7) is 4.15. The molecule has 0 aromatic heterocycles. The molecule has 0 spiro atoms. The topological polar surface area (TPSA) is 24.7 Å². The van der Waals surface area contributed by atoms with E-state index in [1.165, 1.54) is 0 Å². The first-order valence-corrected chi connectivity index (χ1v) is 5.02. The first kappa shape index (κ1) is 10.6. The Balaban J connectivity index is 2.68. The summed E-state index contributed by atoms with van der Waals surface area (Å²) in [4.78, 5) is 8.54. The van der Waals surface area contributed by atoms with Crippen LogP contribution < -0.4 is 0 Å². The van der Waals surface area contributed by atoms with Crippen LogP contribution in [0.25, 0.3) is 0 Å². The largest absolute Gasteiger partial charge is 0.261 e. The zero-order valence-electron chi connectivity index (χ0n) is 8.77. The molecule has 0 aliphatic rings. The van der Waals surface area contributed by atoms with Gasteiger partial charge >= 0.3 is 0 Å². The predicted molar refractivity (Wildman–Crippen MR) is 63.3 cm³/mol. The molecule has 74 valence electrons. The Morgan fingerprint density at radius 2 is 1.21 bits per heavy atom. The van der Waals surface area contributed by atoms with E-state index >= 15 is 0 Å². The van der Waals surface area contributed by atoms with Crippen molar-refractivity contribution in [2.75, 3.05) is 0 Å². The zero-order chi connectivity index (χ0) is 10.2. The van der Waals surface area contributed by atoms with Crippen LogP contribution in [0.3, 0.4) is 0 Å². The maximum absolute atomic E-state index is 4.27. The fourth-order valence-corrected chi connectivity index (χ4v) is 1.02. The molecule has 0 heterocycles. The van der Waals surface area contributed by atoms with Crippen LogP contribution in [0.1, 0.15) is 26.7 Å². The van der Waals surface area contributed by atoms with Crippen molar-refractivity contribution in [1.29, 1.82) is 0 Å². The molecule has 1 rings (SSSR count). The Hall–Kier alpha value is -1.44. The summed E-state index contributed by atoms with van der Waals surface area (Å²) in [6, 6.07) is 7.92. The highest BCUT2D eigenvalue weighted by Gasteiger charge is 1.88. The van der Waals surface area contributed by atoms with Crippen molar-refractivity contribution in [3.8, 4) is 0 Å². The van der Waals surface area contributed by atoms with Gasteiger partial charge in [-0.2, -0.15) is 0 Å². The number of hydrogen-bond acceptors (Lipinski definition) is 2. The molecule has 0 saturated heterocycles. The van der Waals surface area contributed by atoms with Crippen LogP contribution in [0.4, 0.5) is 11.4 Å². The van der Waals surface area contributed by atoms with E-state index in [4.69, 9.17) is 0 Å². The number of nitrogens with zero attached hydrogens (tertiary/aromatic N) is 2. The monoisotopic (exact) mass is 188 g/mol. The van der Waals surface area contributed by atoms with Crippen molar-refractivity contribution in [2.45, 2.75) is 26.7 Å². The van der Waals surface area contributed by atoms with E-state index in [2.05, 4.69) is 23.8 Å². The summed E-state index contributed by atoms with van der Waals surface area (Å²) in [5.74, 6) is 0. The molecule has 2 heteroatoms. The van der Waals surface area contributed by atoms with Gasteiger partial charge in [0.2, 0.25) is 0 Å². The van der Waals surface area contributed by atoms with Crippen LogP contribution in [-0.2, 0) is 0 Å².